The van der Waals surface area contributed by atoms with E-state index >= 15 is 0 Å². The Balaban J connectivity index is 2.32. The molecular formula is C10H12N4S2. The molecule has 0 radical (unpaired) electrons. The molecule has 0 atom stereocenters. The molecule has 0 spiro atoms. The smallest absolute Gasteiger partial charge is 0.189 e. The second-order valence-electron chi connectivity index (χ2n) is 3.31. The number of nitrogens with zero attached hydrogens (tertiary/aromatic N) is 4. The van der Waals surface area contributed by atoms with Gasteiger partial charge in [-0.2, -0.15) is 17.0 Å². The molecule has 1 aliphatic heterocycles. The summed E-state index contributed by atoms with van der Waals surface area (Å²) in [7, 11) is 0. The minimum absolute atomic E-state index is 0.574. The highest BCUT2D eigenvalue weighted by Crippen LogP contribution is 2.22. The van der Waals surface area contributed by atoms with Crippen molar-refractivity contribution in [3.05, 3.63) is 11.8 Å². The maximum absolute atomic E-state index is 9.04. The minimum Gasteiger partial charge on any atom is -0.354 e. The fraction of sp³-hybridized carbons (Fsp3) is 0.500. The van der Waals surface area contributed by atoms with Gasteiger partial charge in [0.2, 0.25) is 0 Å². The third-order valence-corrected chi connectivity index (χ3v) is 3.86. The molecule has 1 aliphatic rings. The van der Waals surface area contributed by atoms with Crippen LogP contribution in [-0.2, 0) is 0 Å². The van der Waals surface area contributed by atoms with Gasteiger partial charge in [-0.15, -0.1) is 0 Å². The van der Waals surface area contributed by atoms with E-state index in [1.54, 1.807) is 6.20 Å². The highest BCUT2D eigenvalue weighted by molar-refractivity contribution is 7.99. The van der Waals surface area contributed by atoms with Gasteiger partial charge in [-0.25, -0.2) is 9.97 Å². The summed E-state index contributed by atoms with van der Waals surface area (Å²) in [5.41, 5.74) is 0.574. The first kappa shape index (κ1) is 11.6. The summed E-state index contributed by atoms with van der Waals surface area (Å²) in [6.45, 7) is 1.92. The Bertz CT molecular complexity index is 410. The van der Waals surface area contributed by atoms with Crippen LogP contribution >= 0.6 is 23.5 Å². The Labute approximate surface area is 103 Å². The molecular weight excluding hydrogens is 240 g/mol. The molecule has 1 saturated heterocycles. The lowest BCUT2D eigenvalue weighted by atomic mass is 10.3. The van der Waals surface area contributed by atoms with Gasteiger partial charge in [0.15, 0.2) is 11.0 Å². The van der Waals surface area contributed by atoms with Crippen molar-refractivity contribution in [3.8, 4) is 6.07 Å². The lowest BCUT2D eigenvalue weighted by molar-refractivity contribution is 0.811. The van der Waals surface area contributed by atoms with Gasteiger partial charge in [-0.3, -0.25) is 0 Å². The Morgan fingerprint density at radius 3 is 2.88 bits per heavy atom. The molecule has 0 saturated carbocycles. The molecule has 1 aromatic rings. The van der Waals surface area contributed by atoms with E-state index in [4.69, 9.17) is 5.26 Å². The number of rotatable bonds is 2. The molecule has 0 aromatic carbocycles. The van der Waals surface area contributed by atoms with Crippen molar-refractivity contribution in [1.82, 2.24) is 9.97 Å². The molecule has 0 N–H and O–H groups in total. The van der Waals surface area contributed by atoms with Crippen LogP contribution in [0.1, 0.15) is 5.56 Å². The van der Waals surface area contributed by atoms with Crippen molar-refractivity contribution in [1.29, 1.82) is 5.26 Å². The molecule has 0 unspecified atom stereocenters. The fourth-order valence-corrected chi connectivity index (χ4v) is 2.79. The van der Waals surface area contributed by atoms with Crippen molar-refractivity contribution in [2.45, 2.75) is 5.16 Å². The third kappa shape index (κ3) is 2.42. The number of nitriles is 1. The first-order valence-corrected chi connectivity index (χ1v) is 7.37. The van der Waals surface area contributed by atoms with Crippen LogP contribution in [-0.4, -0.2) is 40.8 Å². The van der Waals surface area contributed by atoms with Crippen LogP contribution in [0.5, 0.6) is 0 Å². The molecule has 0 aliphatic carbocycles. The summed E-state index contributed by atoms with van der Waals surface area (Å²) in [5, 5.41) is 9.77. The molecule has 0 amide bonds. The predicted molar refractivity (Wildman–Crippen MR) is 68.1 cm³/mol. The number of hydrogen-bond donors (Lipinski definition) is 0. The first-order chi connectivity index (χ1) is 7.85. The zero-order chi connectivity index (χ0) is 11.4. The van der Waals surface area contributed by atoms with Gasteiger partial charge < -0.3 is 4.90 Å². The van der Waals surface area contributed by atoms with Crippen LogP contribution in [0, 0.1) is 11.3 Å². The summed E-state index contributed by atoms with van der Waals surface area (Å²) >= 11 is 3.45. The molecule has 2 heterocycles. The molecule has 1 aromatic heterocycles. The maximum atomic E-state index is 9.04. The highest BCUT2D eigenvalue weighted by Gasteiger charge is 2.17. The van der Waals surface area contributed by atoms with Crippen LogP contribution in [0.25, 0.3) is 0 Å². The zero-order valence-corrected chi connectivity index (χ0v) is 10.6. The molecule has 16 heavy (non-hydrogen) atoms. The van der Waals surface area contributed by atoms with Crippen LogP contribution in [0.2, 0.25) is 0 Å². The topological polar surface area (TPSA) is 52.8 Å². The van der Waals surface area contributed by atoms with Crippen molar-refractivity contribution in [3.63, 3.8) is 0 Å². The summed E-state index contributed by atoms with van der Waals surface area (Å²) in [5.74, 6) is 2.99. The van der Waals surface area contributed by atoms with E-state index < -0.39 is 0 Å². The average molecular weight is 252 g/mol. The summed E-state index contributed by atoms with van der Waals surface area (Å²) in [4.78, 5) is 10.7. The summed E-state index contributed by atoms with van der Waals surface area (Å²) in [6.07, 6.45) is 3.56. The van der Waals surface area contributed by atoms with Gasteiger partial charge in [-0.05, 0) is 6.26 Å². The van der Waals surface area contributed by atoms with Crippen LogP contribution < -0.4 is 4.90 Å². The van der Waals surface area contributed by atoms with Crippen molar-refractivity contribution < 1.29 is 0 Å². The normalized spacial score (nSPS) is 15.9. The summed E-state index contributed by atoms with van der Waals surface area (Å²) in [6, 6.07) is 2.16. The largest absolute Gasteiger partial charge is 0.354 e. The lowest BCUT2D eigenvalue weighted by Crippen LogP contribution is -2.33. The second-order valence-corrected chi connectivity index (χ2v) is 5.30. The van der Waals surface area contributed by atoms with E-state index in [9.17, 15) is 0 Å². The number of anilines is 1. The van der Waals surface area contributed by atoms with Crippen molar-refractivity contribution >= 4 is 29.3 Å². The van der Waals surface area contributed by atoms with E-state index in [1.807, 2.05) is 18.0 Å². The predicted octanol–water partition coefficient (Wildman–Crippen LogP) is 1.62. The van der Waals surface area contributed by atoms with Gasteiger partial charge in [-0.1, -0.05) is 11.8 Å². The lowest BCUT2D eigenvalue weighted by Gasteiger charge is -2.27. The van der Waals surface area contributed by atoms with E-state index in [-0.39, 0.29) is 0 Å². The molecule has 1 fully saturated rings. The van der Waals surface area contributed by atoms with E-state index in [0.717, 1.165) is 35.6 Å². The Hall–Kier alpha value is -0.930. The Morgan fingerprint density at radius 2 is 2.25 bits per heavy atom. The van der Waals surface area contributed by atoms with Crippen molar-refractivity contribution in [2.24, 2.45) is 0 Å². The van der Waals surface area contributed by atoms with Gasteiger partial charge in [0.05, 0.1) is 6.20 Å². The van der Waals surface area contributed by atoms with Crippen LogP contribution in [0.3, 0.4) is 0 Å². The summed E-state index contributed by atoms with van der Waals surface area (Å²) < 4.78 is 0. The number of aromatic nitrogens is 2. The number of hydrogen-bond acceptors (Lipinski definition) is 6. The van der Waals surface area contributed by atoms with Gasteiger partial charge in [0, 0.05) is 24.6 Å². The van der Waals surface area contributed by atoms with Crippen LogP contribution in [0.15, 0.2) is 11.4 Å². The minimum atomic E-state index is 0.574. The molecule has 2 rings (SSSR count). The van der Waals surface area contributed by atoms with E-state index in [1.165, 1.54) is 11.8 Å². The number of thioether (sulfide) groups is 2. The Morgan fingerprint density at radius 1 is 1.50 bits per heavy atom. The second kappa shape index (κ2) is 5.41. The quantitative estimate of drug-likeness (QED) is 0.589. The molecule has 4 nitrogen and oxygen atoms in total. The van der Waals surface area contributed by atoms with Crippen molar-refractivity contribution in [2.75, 3.05) is 35.8 Å². The molecule has 6 heteroatoms. The SMILES string of the molecule is CSc1ncc(C#N)c(N2CCSCC2)n1. The molecule has 84 valence electrons. The Kier molecular flexibility index (Phi) is 3.91. The van der Waals surface area contributed by atoms with Gasteiger partial charge in [0.1, 0.15) is 11.6 Å². The standard InChI is InChI=1S/C10H12N4S2/c1-15-10-12-7-8(6-11)9(13-10)14-2-4-16-5-3-14/h7H,2-5H2,1H3. The highest BCUT2D eigenvalue weighted by atomic mass is 32.2. The zero-order valence-electron chi connectivity index (χ0n) is 9.01. The first-order valence-electron chi connectivity index (χ1n) is 4.99. The van der Waals surface area contributed by atoms with Crippen LogP contribution in [0.4, 0.5) is 5.82 Å². The molecule has 0 bridgehead atoms. The maximum Gasteiger partial charge on any atom is 0.189 e. The van der Waals surface area contributed by atoms with Gasteiger partial charge in [0.25, 0.3) is 0 Å². The van der Waals surface area contributed by atoms with E-state index in [0.29, 0.717) is 5.56 Å². The van der Waals surface area contributed by atoms with Gasteiger partial charge >= 0.3 is 0 Å². The monoisotopic (exact) mass is 252 g/mol. The fourth-order valence-electron chi connectivity index (χ4n) is 1.55. The average Bonchev–Trinajstić information content (AvgIpc) is 2.39. The van der Waals surface area contributed by atoms with E-state index in [2.05, 4.69) is 20.9 Å². The third-order valence-electron chi connectivity index (χ3n) is 2.36.